The van der Waals surface area contributed by atoms with E-state index in [2.05, 4.69) is 15.2 Å². The van der Waals surface area contributed by atoms with Crippen LogP contribution in [0.25, 0.3) is 0 Å². The topological polar surface area (TPSA) is 97.5 Å². The van der Waals surface area contributed by atoms with Crippen molar-refractivity contribution >= 4 is 29.2 Å². The molecule has 11 heteroatoms. The third-order valence-electron chi connectivity index (χ3n) is 6.52. The van der Waals surface area contributed by atoms with Gasteiger partial charge in [0.1, 0.15) is 11.6 Å². The molecule has 1 aromatic heterocycles. The standard InChI is InChI=1S/C24H26ClF3N4O3/c1-23(2,35-19-7-4-14(25)9-18(19)24(26,27)28)22(34)31-15-10-16-5-6-17(11-15)32(16)20-8-3-13(12-30-20)21(29)33/h3-4,7-9,12,15-17H,5-6,10-11H2,1-2H3,(H2,29,33)(H,31,34)/t15?,16-,17+. The van der Waals surface area contributed by atoms with Crippen LogP contribution in [0.2, 0.25) is 5.02 Å². The van der Waals surface area contributed by atoms with E-state index in [1.165, 1.54) is 26.1 Å². The maximum Gasteiger partial charge on any atom is 0.420 e. The van der Waals surface area contributed by atoms with E-state index in [1.807, 2.05) is 0 Å². The van der Waals surface area contributed by atoms with Crippen molar-refractivity contribution in [2.45, 2.75) is 69.4 Å². The molecule has 2 aliphatic rings. The van der Waals surface area contributed by atoms with Crippen LogP contribution < -0.4 is 20.7 Å². The highest BCUT2D eigenvalue weighted by molar-refractivity contribution is 6.30. The molecule has 2 fully saturated rings. The summed E-state index contributed by atoms with van der Waals surface area (Å²) in [5, 5.41) is 2.89. The molecule has 0 radical (unpaired) electrons. The Morgan fingerprint density at radius 2 is 1.80 bits per heavy atom. The molecule has 3 heterocycles. The summed E-state index contributed by atoms with van der Waals surface area (Å²) in [4.78, 5) is 30.9. The van der Waals surface area contributed by atoms with Gasteiger partial charge in [-0.15, -0.1) is 0 Å². The van der Waals surface area contributed by atoms with Gasteiger partial charge in [-0.25, -0.2) is 4.98 Å². The first-order chi connectivity index (χ1) is 16.3. The first-order valence-corrected chi connectivity index (χ1v) is 11.6. The second kappa shape index (κ2) is 9.22. The Morgan fingerprint density at radius 1 is 1.14 bits per heavy atom. The van der Waals surface area contributed by atoms with Crippen molar-refractivity contribution in [2.24, 2.45) is 5.73 Å². The fourth-order valence-electron chi connectivity index (χ4n) is 4.85. The fourth-order valence-corrected chi connectivity index (χ4v) is 5.02. The van der Waals surface area contributed by atoms with E-state index in [9.17, 15) is 22.8 Å². The predicted molar refractivity (Wildman–Crippen MR) is 124 cm³/mol. The molecule has 2 bridgehead atoms. The van der Waals surface area contributed by atoms with Gasteiger partial charge in [-0.1, -0.05) is 11.6 Å². The van der Waals surface area contributed by atoms with Gasteiger partial charge in [-0.3, -0.25) is 9.59 Å². The molecule has 0 spiro atoms. The Kier molecular flexibility index (Phi) is 6.61. The average Bonchev–Trinajstić information content (AvgIpc) is 3.04. The lowest BCUT2D eigenvalue weighted by Crippen LogP contribution is -2.55. The van der Waals surface area contributed by atoms with Crippen LogP contribution in [0.5, 0.6) is 5.75 Å². The van der Waals surface area contributed by atoms with Gasteiger partial charge in [0.2, 0.25) is 5.91 Å². The van der Waals surface area contributed by atoms with Crippen LogP contribution in [0.1, 0.15) is 55.5 Å². The summed E-state index contributed by atoms with van der Waals surface area (Å²) < 4.78 is 45.9. The molecule has 1 aromatic carbocycles. The second-order valence-electron chi connectivity index (χ2n) is 9.45. The molecule has 3 N–H and O–H groups in total. The number of primary amides is 1. The Hall–Kier alpha value is -3.01. The van der Waals surface area contributed by atoms with Crippen molar-refractivity contribution in [2.75, 3.05) is 4.90 Å². The average molecular weight is 511 g/mol. The van der Waals surface area contributed by atoms with Gasteiger partial charge < -0.3 is 20.7 Å². The number of fused-ring (bicyclic) bond motifs is 2. The van der Waals surface area contributed by atoms with Crippen LogP contribution in [-0.4, -0.2) is 40.5 Å². The van der Waals surface area contributed by atoms with E-state index in [0.717, 1.165) is 30.8 Å². The third kappa shape index (κ3) is 5.32. The third-order valence-corrected chi connectivity index (χ3v) is 6.76. The first kappa shape index (κ1) is 25.1. The lowest BCUT2D eigenvalue weighted by Gasteiger charge is -2.41. The van der Waals surface area contributed by atoms with Crippen molar-refractivity contribution in [1.29, 1.82) is 0 Å². The number of amides is 2. The number of piperidine rings is 1. The molecule has 7 nitrogen and oxygen atoms in total. The summed E-state index contributed by atoms with van der Waals surface area (Å²) >= 11 is 5.73. The van der Waals surface area contributed by atoms with Crippen molar-refractivity contribution in [1.82, 2.24) is 10.3 Å². The van der Waals surface area contributed by atoms with Gasteiger partial charge in [0.25, 0.3) is 5.91 Å². The summed E-state index contributed by atoms with van der Waals surface area (Å²) in [7, 11) is 0. The lowest BCUT2D eigenvalue weighted by atomic mass is 9.96. The van der Waals surface area contributed by atoms with Gasteiger partial charge in [0, 0.05) is 29.3 Å². The summed E-state index contributed by atoms with van der Waals surface area (Å²) in [6, 6.07) is 6.73. The summed E-state index contributed by atoms with van der Waals surface area (Å²) in [5.74, 6) is -0.748. The molecule has 2 aliphatic heterocycles. The molecule has 188 valence electrons. The number of benzene rings is 1. The minimum Gasteiger partial charge on any atom is -0.477 e. The summed E-state index contributed by atoms with van der Waals surface area (Å²) in [6.45, 7) is 2.87. The minimum atomic E-state index is -4.68. The number of rotatable bonds is 6. The molecular formula is C24H26ClF3N4O3. The number of pyridine rings is 1. The van der Waals surface area contributed by atoms with Crippen molar-refractivity contribution in [3.05, 3.63) is 52.7 Å². The van der Waals surface area contributed by atoms with Crippen LogP contribution in [0.4, 0.5) is 19.0 Å². The molecule has 35 heavy (non-hydrogen) atoms. The lowest BCUT2D eigenvalue weighted by molar-refractivity contribution is -0.143. The van der Waals surface area contributed by atoms with Crippen LogP contribution in [0.3, 0.4) is 0 Å². The zero-order chi connectivity index (χ0) is 25.5. The largest absolute Gasteiger partial charge is 0.477 e. The zero-order valence-electron chi connectivity index (χ0n) is 19.2. The number of hydrogen-bond donors (Lipinski definition) is 2. The highest BCUT2D eigenvalue weighted by Gasteiger charge is 2.44. The quantitative estimate of drug-likeness (QED) is 0.603. The van der Waals surface area contributed by atoms with Crippen LogP contribution in [-0.2, 0) is 11.0 Å². The van der Waals surface area contributed by atoms with Gasteiger partial charge in [-0.2, -0.15) is 13.2 Å². The number of nitrogens with two attached hydrogens (primary N) is 1. The summed E-state index contributed by atoms with van der Waals surface area (Å²) in [6.07, 6.45) is -0.0519. The van der Waals surface area contributed by atoms with Gasteiger partial charge in [0.05, 0.1) is 11.1 Å². The van der Waals surface area contributed by atoms with E-state index >= 15 is 0 Å². The molecule has 2 saturated heterocycles. The Bertz CT molecular complexity index is 1110. The Labute approximate surface area is 205 Å². The Balaban J connectivity index is 1.43. The van der Waals surface area contributed by atoms with E-state index in [0.29, 0.717) is 18.4 Å². The first-order valence-electron chi connectivity index (χ1n) is 11.3. The number of hydrogen-bond acceptors (Lipinski definition) is 5. The molecule has 0 saturated carbocycles. The SMILES string of the molecule is CC(C)(Oc1ccc(Cl)cc1C(F)(F)F)C(=O)NC1C[C@H]2CC[C@@H](C1)N2c1ccc(C(N)=O)cn1. The van der Waals surface area contributed by atoms with E-state index in [4.69, 9.17) is 22.1 Å². The number of carbonyl (C=O) groups excluding carboxylic acids is 2. The molecule has 2 amide bonds. The molecule has 0 aliphatic carbocycles. The highest BCUT2D eigenvalue weighted by atomic mass is 35.5. The summed E-state index contributed by atoms with van der Waals surface area (Å²) in [5.41, 5.74) is 3.04. The second-order valence-corrected chi connectivity index (χ2v) is 9.89. The molecule has 4 rings (SSSR count). The minimum absolute atomic E-state index is 0.0760. The maximum absolute atomic E-state index is 13.4. The number of nitrogens with zero attached hydrogens (tertiary/aromatic N) is 2. The van der Waals surface area contributed by atoms with E-state index in [1.54, 1.807) is 12.1 Å². The van der Waals surface area contributed by atoms with Crippen LogP contribution in [0, 0.1) is 0 Å². The molecular weight excluding hydrogens is 485 g/mol. The van der Waals surface area contributed by atoms with E-state index in [-0.39, 0.29) is 23.1 Å². The highest BCUT2D eigenvalue weighted by Crippen LogP contribution is 2.40. The predicted octanol–water partition coefficient (Wildman–Crippen LogP) is 4.33. The number of anilines is 1. The Morgan fingerprint density at radius 3 is 2.34 bits per heavy atom. The number of halogens is 4. The normalized spacial score (nSPS) is 22.1. The maximum atomic E-state index is 13.4. The van der Waals surface area contributed by atoms with Crippen LogP contribution >= 0.6 is 11.6 Å². The van der Waals surface area contributed by atoms with Crippen molar-refractivity contribution in [3.8, 4) is 5.75 Å². The van der Waals surface area contributed by atoms with Crippen molar-refractivity contribution < 1.29 is 27.5 Å². The van der Waals surface area contributed by atoms with Gasteiger partial charge in [-0.05, 0) is 69.9 Å². The molecule has 2 aromatic rings. The fraction of sp³-hybridized carbons (Fsp3) is 0.458. The monoisotopic (exact) mass is 510 g/mol. The molecule has 3 atom stereocenters. The number of nitrogens with one attached hydrogen (secondary N) is 1. The number of ether oxygens (including phenoxy) is 1. The smallest absolute Gasteiger partial charge is 0.420 e. The van der Waals surface area contributed by atoms with Gasteiger partial charge in [0.15, 0.2) is 5.60 Å². The van der Waals surface area contributed by atoms with Crippen LogP contribution in [0.15, 0.2) is 36.5 Å². The zero-order valence-corrected chi connectivity index (χ0v) is 20.0. The van der Waals surface area contributed by atoms with Gasteiger partial charge >= 0.3 is 6.18 Å². The number of carbonyl (C=O) groups is 2. The number of aromatic nitrogens is 1. The molecule has 1 unspecified atom stereocenters. The number of alkyl halides is 3. The van der Waals surface area contributed by atoms with Crippen molar-refractivity contribution in [3.63, 3.8) is 0 Å². The van der Waals surface area contributed by atoms with E-state index < -0.39 is 34.9 Å².